The molecule has 0 atom stereocenters. The Kier molecular flexibility index (Phi) is 4.76. The van der Waals surface area contributed by atoms with Crippen molar-refractivity contribution in [2.75, 3.05) is 0 Å². The van der Waals surface area contributed by atoms with Crippen LogP contribution in [0.25, 0.3) is 67.4 Å². The Morgan fingerprint density at radius 2 is 1.31 bits per heavy atom. The molecule has 2 heterocycles. The Bertz CT molecular complexity index is 2360. The zero-order valence-electron chi connectivity index (χ0n) is 23.8. The van der Waals surface area contributed by atoms with Crippen molar-refractivity contribution in [3.05, 3.63) is 143 Å². The quantitative estimate of drug-likeness (QED) is 0.209. The third-order valence-electron chi connectivity index (χ3n) is 9.53. The van der Waals surface area contributed by atoms with Gasteiger partial charge in [-0.25, -0.2) is 0 Å². The van der Waals surface area contributed by atoms with Gasteiger partial charge in [-0.3, -0.25) is 0 Å². The summed E-state index contributed by atoms with van der Waals surface area (Å²) in [5, 5.41) is 6.51. The number of hydrogen-bond donors (Lipinski definition) is 0. The molecule has 0 radical (unpaired) electrons. The highest BCUT2D eigenvalue weighted by Gasteiger charge is 2.37. The Balaban J connectivity index is 1.37. The van der Waals surface area contributed by atoms with E-state index in [1.54, 1.807) is 0 Å². The van der Waals surface area contributed by atoms with Gasteiger partial charge in [0.1, 0.15) is 0 Å². The summed E-state index contributed by atoms with van der Waals surface area (Å²) in [4.78, 5) is 0. The summed E-state index contributed by atoms with van der Waals surface area (Å²) in [7, 11) is 0. The average molecular weight is 539 g/mol. The van der Waals surface area contributed by atoms with Crippen molar-refractivity contribution in [1.82, 2.24) is 9.13 Å². The smallest absolute Gasteiger partial charge is 0.0547 e. The second-order valence-corrected chi connectivity index (χ2v) is 12.1. The van der Waals surface area contributed by atoms with Crippen LogP contribution in [0.5, 0.6) is 0 Å². The maximum Gasteiger partial charge on any atom is 0.0547 e. The predicted molar refractivity (Wildman–Crippen MR) is 177 cm³/mol. The summed E-state index contributed by atoms with van der Waals surface area (Å²) >= 11 is 0. The first-order valence-corrected chi connectivity index (χ1v) is 14.9. The topological polar surface area (TPSA) is 9.86 Å². The molecule has 2 heteroatoms. The largest absolute Gasteiger partial charge is 0.309 e. The van der Waals surface area contributed by atoms with Gasteiger partial charge in [-0.1, -0.05) is 105 Å². The molecule has 0 bridgehead atoms. The van der Waals surface area contributed by atoms with E-state index in [4.69, 9.17) is 0 Å². The minimum atomic E-state index is -0.0295. The number of aromatic nitrogens is 2. The Morgan fingerprint density at radius 1 is 0.619 bits per heavy atom. The summed E-state index contributed by atoms with van der Waals surface area (Å²) in [6.45, 7) is 4.73. The predicted octanol–water partition coefficient (Wildman–Crippen LogP) is 8.55. The molecule has 0 aliphatic heterocycles. The monoisotopic (exact) mass is 538 g/mol. The maximum atomic E-state index is 2.47. The third kappa shape index (κ3) is 3.04. The van der Waals surface area contributed by atoms with E-state index in [2.05, 4.69) is 156 Å². The molecule has 0 spiro atoms. The average Bonchev–Trinajstić information content (AvgIpc) is 3.52. The van der Waals surface area contributed by atoms with Crippen LogP contribution in [0.2, 0.25) is 0 Å². The number of para-hydroxylation sites is 2. The van der Waals surface area contributed by atoms with Crippen molar-refractivity contribution >= 4 is 44.9 Å². The molecule has 0 saturated carbocycles. The number of rotatable bonds is 2. The van der Waals surface area contributed by atoms with E-state index in [1.165, 1.54) is 76.9 Å². The number of benzene rings is 5. The highest BCUT2D eigenvalue weighted by atomic mass is 15.0. The number of hydrogen-bond acceptors (Lipinski definition) is 0. The molecule has 7 aromatic rings. The lowest BCUT2D eigenvalue weighted by Crippen LogP contribution is -2.28. The van der Waals surface area contributed by atoms with Crippen LogP contribution in [-0.2, 0) is 5.41 Å². The van der Waals surface area contributed by atoms with E-state index in [1.807, 2.05) is 0 Å². The molecule has 2 aromatic heterocycles. The van der Waals surface area contributed by atoms with Crippen molar-refractivity contribution < 1.29 is 0 Å². The summed E-state index contributed by atoms with van der Waals surface area (Å²) < 4.78 is 4.88. The molecule has 0 N–H and O–H groups in total. The van der Waals surface area contributed by atoms with Crippen molar-refractivity contribution in [1.29, 1.82) is 0 Å². The van der Waals surface area contributed by atoms with Gasteiger partial charge in [-0.15, -0.1) is 0 Å². The van der Waals surface area contributed by atoms with E-state index in [-0.39, 0.29) is 5.41 Å². The minimum Gasteiger partial charge on any atom is -0.309 e. The number of allylic oxidation sites excluding steroid dienone is 2. The van der Waals surface area contributed by atoms with Crippen LogP contribution in [-0.4, -0.2) is 9.13 Å². The second-order valence-electron chi connectivity index (χ2n) is 12.1. The van der Waals surface area contributed by atoms with Crippen LogP contribution >= 0.6 is 0 Å². The van der Waals surface area contributed by atoms with Crippen LogP contribution in [0, 0.1) is 0 Å². The zero-order valence-corrected chi connectivity index (χ0v) is 23.8. The lowest BCUT2D eigenvalue weighted by Gasteiger charge is -2.21. The summed E-state index contributed by atoms with van der Waals surface area (Å²) in [6, 6.07) is 40.2. The molecule has 5 aromatic carbocycles. The molecule has 2 aliphatic rings. The van der Waals surface area contributed by atoms with E-state index in [0.29, 0.717) is 0 Å². The zero-order chi connectivity index (χ0) is 28.0. The van der Waals surface area contributed by atoms with Crippen LogP contribution in [0.4, 0.5) is 0 Å². The molecule has 42 heavy (non-hydrogen) atoms. The molecular formula is C40H30N2. The molecule has 0 fully saturated rings. The SMILES string of the molecule is CC1(C)c2ccccc2-c2c1ccc1c2c2c(n1-c1cccc(-n3c4ccccc4c4ccccc43)c1)=CC=CCC=2. The fourth-order valence-corrected chi connectivity index (χ4v) is 7.67. The van der Waals surface area contributed by atoms with Crippen molar-refractivity contribution in [3.8, 4) is 22.5 Å². The van der Waals surface area contributed by atoms with Gasteiger partial charge < -0.3 is 9.13 Å². The van der Waals surface area contributed by atoms with Gasteiger partial charge in [0.05, 0.1) is 21.9 Å². The van der Waals surface area contributed by atoms with Crippen LogP contribution < -0.4 is 10.6 Å². The van der Waals surface area contributed by atoms with Crippen LogP contribution in [0.15, 0.2) is 121 Å². The van der Waals surface area contributed by atoms with Gasteiger partial charge in [0, 0.05) is 38.2 Å². The van der Waals surface area contributed by atoms with Gasteiger partial charge in [-0.05, 0) is 71.1 Å². The third-order valence-corrected chi connectivity index (χ3v) is 9.53. The first-order chi connectivity index (χ1) is 20.6. The normalized spacial score (nSPS) is 14.8. The van der Waals surface area contributed by atoms with E-state index < -0.39 is 0 Å². The highest BCUT2D eigenvalue weighted by molar-refractivity contribution is 6.09. The van der Waals surface area contributed by atoms with Gasteiger partial charge in [0.25, 0.3) is 0 Å². The first-order valence-electron chi connectivity index (χ1n) is 14.9. The Hall–Kier alpha value is -5.08. The fourth-order valence-electron chi connectivity index (χ4n) is 7.67. The minimum absolute atomic E-state index is 0.0295. The summed E-state index contributed by atoms with van der Waals surface area (Å²) in [5.74, 6) is 0. The standard InChI is InChI=1S/C40H30N2/c1-40(2)32-19-9-6-17-30(32)38-33(40)23-24-37-39(38)31-18-4-3-5-20-36(31)42(37)27-14-12-13-26(25-27)41-34-21-10-7-15-28(34)29-16-8-11-22-35(29)41/h3,5-25H,4H2,1-2H3. The Morgan fingerprint density at radius 3 is 2.10 bits per heavy atom. The maximum absolute atomic E-state index is 2.47. The fraction of sp³-hybridized carbons (Fsp3) is 0.100. The van der Waals surface area contributed by atoms with Crippen molar-refractivity contribution in [3.63, 3.8) is 0 Å². The molecule has 200 valence electrons. The summed E-state index contributed by atoms with van der Waals surface area (Å²) in [5.41, 5.74) is 11.6. The number of nitrogens with zero attached hydrogens (tertiary/aromatic N) is 2. The molecule has 0 saturated heterocycles. The van der Waals surface area contributed by atoms with E-state index in [0.717, 1.165) is 6.42 Å². The van der Waals surface area contributed by atoms with Gasteiger partial charge in [-0.2, -0.15) is 0 Å². The van der Waals surface area contributed by atoms with E-state index in [9.17, 15) is 0 Å². The molecule has 2 aliphatic carbocycles. The lowest BCUT2D eigenvalue weighted by atomic mass is 9.82. The second kappa shape index (κ2) is 8.47. The van der Waals surface area contributed by atoms with Gasteiger partial charge in [0.2, 0.25) is 0 Å². The van der Waals surface area contributed by atoms with E-state index >= 15 is 0 Å². The van der Waals surface area contributed by atoms with Crippen LogP contribution in [0.1, 0.15) is 31.4 Å². The molecule has 0 unspecified atom stereocenters. The summed E-state index contributed by atoms with van der Waals surface area (Å²) in [6.07, 6.45) is 10.1. The molecule has 0 amide bonds. The molecule has 2 nitrogen and oxygen atoms in total. The Labute approximate surface area is 244 Å². The van der Waals surface area contributed by atoms with Crippen molar-refractivity contribution in [2.45, 2.75) is 25.7 Å². The highest BCUT2D eigenvalue weighted by Crippen LogP contribution is 2.50. The van der Waals surface area contributed by atoms with Crippen molar-refractivity contribution in [2.24, 2.45) is 0 Å². The first kappa shape index (κ1) is 23.6. The number of fused-ring (bicyclic) bond motifs is 10. The van der Waals surface area contributed by atoms with Gasteiger partial charge >= 0.3 is 0 Å². The molecular weight excluding hydrogens is 508 g/mol. The van der Waals surface area contributed by atoms with Crippen LogP contribution in [0.3, 0.4) is 0 Å². The van der Waals surface area contributed by atoms with Gasteiger partial charge in [0.15, 0.2) is 0 Å². The molecule has 9 rings (SSSR count). The lowest BCUT2D eigenvalue weighted by molar-refractivity contribution is 0.661.